The number of carbonyl (C=O) groups is 1. The van der Waals surface area contributed by atoms with E-state index in [0.717, 1.165) is 15.7 Å². The van der Waals surface area contributed by atoms with Gasteiger partial charge in [-0.2, -0.15) is 0 Å². The van der Waals surface area contributed by atoms with Gasteiger partial charge in [0.25, 0.3) is 0 Å². The maximum Gasteiger partial charge on any atom is 0.414 e. The topological polar surface area (TPSA) is 29.5 Å². The van der Waals surface area contributed by atoms with Crippen molar-refractivity contribution < 1.29 is 9.53 Å². The van der Waals surface area contributed by atoms with Gasteiger partial charge >= 0.3 is 6.09 Å². The lowest BCUT2D eigenvalue weighted by Gasteiger charge is -2.24. The van der Waals surface area contributed by atoms with E-state index in [0.29, 0.717) is 6.54 Å². The fraction of sp³-hybridized carbons (Fsp3) is 0.462. The summed E-state index contributed by atoms with van der Waals surface area (Å²) in [4.78, 5) is 13.8. The quantitative estimate of drug-likeness (QED) is 0.673. The van der Waals surface area contributed by atoms with E-state index in [2.05, 4.69) is 34.7 Å². The van der Waals surface area contributed by atoms with Crippen LogP contribution in [0.3, 0.4) is 0 Å². The normalized spacial score (nSPS) is 14.7. The summed E-state index contributed by atoms with van der Waals surface area (Å²) in [5.74, 6) is 0. The summed E-state index contributed by atoms with van der Waals surface area (Å²) in [6.45, 7) is 6.37. The lowest BCUT2D eigenvalue weighted by molar-refractivity contribution is 0.0584. The summed E-state index contributed by atoms with van der Waals surface area (Å²) < 4.78 is 6.54. The van der Waals surface area contributed by atoms with Gasteiger partial charge < -0.3 is 4.74 Å². The average Bonchev–Trinajstić information content (AvgIpc) is 2.57. The van der Waals surface area contributed by atoms with Gasteiger partial charge in [0.2, 0.25) is 0 Å². The molecule has 0 saturated heterocycles. The summed E-state index contributed by atoms with van der Waals surface area (Å²) in [6, 6.07) is 6.19. The largest absolute Gasteiger partial charge is 0.443 e. The van der Waals surface area contributed by atoms with Gasteiger partial charge in [-0.3, -0.25) is 4.90 Å². The molecule has 1 aliphatic heterocycles. The standard InChI is InChI=1S/C13H16INO2/c1-13(2,3)17-12(16)15-7-6-9-4-5-10(14)8-11(9)15/h4-5,8H,6-7H2,1-3H3. The van der Waals surface area contributed by atoms with Gasteiger partial charge in [-0.1, -0.05) is 6.07 Å². The zero-order chi connectivity index (χ0) is 12.6. The third-order valence-electron chi connectivity index (χ3n) is 2.56. The van der Waals surface area contributed by atoms with Gasteiger partial charge in [-0.05, 0) is 67.5 Å². The van der Waals surface area contributed by atoms with Crippen LogP contribution < -0.4 is 4.90 Å². The number of ether oxygens (including phenoxy) is 1. The van der Waals surface area contributed by atoms with Crippen LogP contribution in [0.25, 0.3) is 0 Å². The lowest BCUT2D eigenvalue weighted by Crippen LogP contribution is -2.35. The third-order valence-corrected chi connectivity index (χ3v) is 3.23. The first-order valence-corrected chi connectivity index (χ1v) is 6.74. The first kappa shape index (κ1) is 12.7. The summed E-state index contributed by atoms with van der Waals surface area (Å²) in [7, 11) is 0. The Kier molecular flexibility index (Phi) is 3.34. The Morgan fingerprint density at radius 1 is 1.41 bits per heavy atom. The maximum absolute atomic E-state index is 12.0. The van der Waals surface area contributed by atoms with E-state index < -0.39 is 5.60 Å². The van der Waals surface area contributed by atoms with Gasteiger partial charge in [0, 0.05) is 10.1 Å². The molecule has 0 atom stereocenters. The van der Waals surface area contributed by atoms with E-state index in [1.54, 1.807) is 4.90 Å². The molecule has 0 unspecified atom stereocenters. The highest BCUT2D eigenvalue weighted by atomic mass is 127. The fourth-order valence-corrected chi connectivity index (χ4v) is 2.33. The Morgan fingerprint density at radius 2 is 2.12 bits per heavy atom. The second kappa shape index (κ2) is 4.48. The predicted octanol–water partition coefficient (Wildman–Crippen LogP) is 3.59. The van der Waals surface area contributed by atoms with Gasteiger partial charge in [0.1, 0.15) is 5.60 Å². The minimum Gasteiger partial charge on any atom is -0.443 e. The fourth-order valence-electron chi connectivity index (χ4n) is 1.86. The van der Waals surface area contributed by atoms with E-state index in [1.807, 2.05) is 26.8 Å². The molecule has 4 heteroatoms. The number of halogens is 1. The molecule has 1 heterocycles. The molecule has 1 aromatic rings. The zero-order valence-corrected chi connectivity index (χ0v) is 12.4. The van der Waals surface area contributed by atoms with Gasteiger partial charge in [0.05, 0.1) is 5.69 Å². The number of amides is 1. The van der Waals surface area contributed by atoms with E-state index in [-0.39, 0.29) is 6.09 Å². The number of hydrogen-bond acceptors (Lipinski definition) is 2. The molecule has 1 amide bonds. The predicted molar refractivity (Wildman–Crippen MR) is 76.4 cm³/mol. The number of fused-ring (bicyclic) bond motifs is 1. The number of rotatable bonds is 0. The molecule has 0 saturated carbocycles. The number of carbonyl (C=O) groups excluding carboxylic acids is 1. The molecule has 0 aromatic heterocycles. The van der Waals surface area contributed by atoms with E-state index >= 15 is 0 Å². The number of anilines is 1. The minimum absolute atomic E-state index is 0.252. The average molecular weight is 345 g/mol. The maximum atomic E-state index is 12.0. The Balaban J connectivity index is 2.22. The smallest absolute Gasteiger partial charge is 0.414 e. The molecule has 1 aromatic carbocycles. The molecule has 0 aliphatic carbocycles. The summed E-state index contributed by atoms with van der Waals surface area (Å²) >= 11 is 2.26. The summed E-state index contributed by atoms with van der Waals surface area (Å²) in [5.41, 5.74) is 1.77. The molecule has 2 rings (SSSR count). The number of benzene rings is 1. The molecule has 0 radical (unpaired) electrons. The summed E-state index contributed by atoms with van der Waals surface area (Å²) in [5, 5.41) is 0. The van der Waals surface area contributed by atoms with Gasteiger partial charge in [-0.15, -0.1) is 0 Å². The first-order chi connectivity index (χ1) is 7.87. The van der Waals surface area contributed by atoms with E-state index in [1.165, 1.54) is 5.56 Å². The van der Waals surface area contributed by atoms with Crippen molar-refractivity contribution in [1.29, 1.82) is 0 Å². The molecular formula is C13H16INO2. The second-order valence-corrected chi connectivity index (χ2v) is 6.40. The van der Waals surface area contributed by atoms with Gasteiger partial charge in [-0.25, -0.2) is 4.79 Å². The highest BCUT2D eigenvalue weighted by molar-refractivity contribution is 14.1. The second-order valence-electron chi connectivity index (χ2n) is 5.16. The van der Waals surface area contributed by atoms with Crippen LogP contribution in [0.2, 0.25) is 0 Å². The Labute approximate surface area is 115 Å². The van der Waals surface area contributed by atoms with Crippen molar-refractivity contribution in [3.8, 4) is 0 Å². The highest BCUT2D eigenvalue weighted by Crippen LogP contribution is 2.30. The molecule has 3 nitrogen and oxygen atoms in total. The Bertz CT molecular complexity index is 451. The van der Waals surface area contributed by atoms with Crippen molar-refractivity contribution >= 4 is 34.4 Å². The molecule has 0 bridgehead atoms. The monoisotopic (exact) mass is 345 g/mol. The number of nitrogens with zero attached hydrogens (tertiary/aromatic N) is 1. The lowest BCUT2D eigenvalue weighted by atomic mass is 10.2. The van der Waals surface area contributed by atoms with Crippen LogP contribution in [0.1, 0.15) is 26.3 Å². The van der Waals surface area contributed by atoms with Crippen LogP contribution in [-0.2, 0) is 11.2 Å². The Morgan fingerprint density at radius 3 is 2.76 bits per heavy atom. The third kappa shape index (κ3) is 2.91. The van der Waals surface area contributed by atoms with Crippen molar-refractivity contribution in [2.24, 2.45) is 0 Å². The highest BCUT2D eigenvalue weighted by Gasteiger charge is 2.28. The number of hydrogen-bond donors (Lipinski definition) is 0. The van der Waals surface area contributed by atoms with Crippen LogP contribution in [0.4, 0.5) is 10.5 Å². The molecule has 0 fully saturated rings. The van der Waals surface area contributed by atoms with Crippen molar-refractivity contribution in [3.63, 3.8) is 0 Å². The van der Waals surface area contributed by atoms with E-state index in [9.17, 15) is 4.79 Å². The first-order valence-electron chi connectivity index (χ1n) is 5.66. The van der Waals surface area contributed by atoms with Gasteiger partial charge in [0.15, 0.2) is 0 Å². The van der Waals surface area contributed by atoms with Crippen LogP contribution in [-0.4, -0.2) is 18.2 Å². The van der Waals surface area contributed by atoms with Crippen LogP contribution in [0, 0.1) is 3.57 Å². The molecule has 0 N–H and O–H groups in total. The van der Waals surface area contributed by atoms with E-state index in [4.69, 9.17) is 4.74 Å². The van der Waals surface area contributed by atoms with Crippen LogP contribution >= 0.6 is 22.6 Å². The van der Waals surface area contributed by atoms with Crippen molar-refractivity contribution in [3.05, 3.63) is 27.3 Å². The molecule has 92 valence electrons. The molecule has 17 heavy (non-hydrogen) atoms. The molecule has 1 aliphatic rings. The van der Waals surface area contributed by atoms with Crippen molar-refractivity contribution in [1.82, 2.24) is 0 Å². The SMILES string of the molecule is CC(C)(C)OC(=O)N1CCc2ccc(I)cc21. The van der Waals surface area contributed by atoms with Crippen molar-refractivity contribution in [2.75, 3.05) is 11.4 Å². The van der Waals surface area contributed by atoms with Crippen LogP contribution in [0.15, 0.2) is 18.2 Å². The zero-order valence-electron chi connectivity index (χ0n) is 10.3. The van der Waals surface area contributed by atoms with Crippen molar-refractivity contribution in [2.45, 2.75) is 32.8 Å². The molecule has 0 spiro atoms. The summed E-state index contributed by atoms with van der Waals surface area (Å²) in [6.07, 6.45) is 0.657. The van der Waals surface area contributed by atoms with Crippen LogP contribution in [0.5, 0.6) is 0 Å². The minimum atomic E-state index is -0.443. The molecular weight excluding hydrogens is 329 g/mol. The Hall–Kier alpha value is -0.780.